The second-order valence-electron chi connectivity index (χ2n) is 9.73. The highest BCUT2D eigenvalue weighted by Crippen LogP contribution is 2.27. The molecule has 204 valence electrons. The highest BCUT2D eigenvalue weighted by atomic mass is 16.5. The molecule has 0 bridgehead atoms. The molecule has 2 aromatic carbocycles. The molecule has 0 aliphatic carbocycles. The number of methoxy groups -OCH3 is 1. The lowest BCUT2D eigenvalue weighted by Crippen LogP contribution is -2.60. The Morgan fingerprint density at radius 1 is 0.974 bits per heavy atom. The van der Waals surface area contributed by atoms with Gasteiger partial charge in [-0.2, -0.15) is 0 Å². The summed E-state index contributed by atoms with van der Waals surface area (Å²) in [7, 11) is 1.33. The molecule has 2 aromatic rings. The van der Waals surface area contributed by atoms with Gasteiger partial charge in [-0.25, -0.2) is 4.79 Å². The van der Waals surface area contributed by atoms with Gasteiger partial charge in [0.15, 0.2) is 0 Å². The molecule has 4 N–H and O–H groups in total. The number of likely N-dealkylation sites (tertiary alicyclic amines) is 1. The fourth-order valence-corrected chi connectivity index (χ4v) is 4.81. The first-order chi connectivity index (χ1) is 18.3. The number of esters is 1. The van der Waals surface area contributed by atoms with Gasteiger partial charge in [-0.15, -0.1) is 0 Å². The average Bonchev–Trinajstić information content (AvgIpc) is 2.94. The Bertz CT molecular complexity index is 1070. The molecule has 1 atom stereocenters. The number of rotatable bonds is 13. The summed E-state index contributed by atoms with van der Waals surface area (Å²) in [6.07, 6.45) is 2.34. The Hall–Kier alpha value is -3.72. The van der Waals surface area contributed by atoms with Crippen LogP contribution < -0.4 is 16.4 Å². The molecule has 0 saturated carbocycles. The topological polar surface area (TPSA) is 131 Å². The zero-order valence-electron chi connectivity index (χ0n) is 22.0. The van der Waals surface area contributed by atoms with Crippen LogP contribution in [0.5, 0.6) is 0 Å². The molecule has 9 heteroatoms. The first kappa shape index (κ1) is 28.8. The normalized spacial score (nSPS) is 15.7. The Morgan fingerprint density at radius 2 is 1.61 bits per heavy atom. The summed E-state index contributed by atoms with van der Waals surface area (Å²) >= 11 is 0. The molecular formula is C29H38N4O5. The lowest BCUT2D eigenvalue weighted by Gasteiger charge is -2.41. The van der Waals surface area contributed by atoms with E-state index in [1.807, 2.05) is 60.7 Å². The van der Waals surface area contributed by atoms with Crippen LogP contribution in [0.25, 0.3) is 0 Å². The Kier molecular flexibility index (Phi) is 10.8. The fraction of sp³-hybridized carbons (Fsp3) is 0.448. The smallest absolute Gasteiger partial charge is 0.331 e. The van der Waals surface area contributed by atoms with Crippen LogP contribution in [-0.2, 0) is 30.3 Å². The van der Waals surface area contributed by atoms with Gasteiger partial charge in [0.05, 0.1) is 13.0 Å². The van der Waals surface area contributed by atoms with Gasteiger partial charge >= 0.3 is 5.97 Å². The second-order valence-corrected chi connectivity index (χ2v) is 9.73. The maximum Gasteiger partial charge on any atom is 0.331 e. The van der Waals surface area contributed by atoms with Crippen molar-refractivity contribution in [3.63, 3.8) is 0 Å². The monoisotopic (exact) mass is 522 g/mol. The molecule has 0 radical (unpaired) electrons. The van der Waals surface area contributed by atoms with Crippen molar-refractivity contribution in [3.8, 4) is 0 Å². The molecule has 1 unspecified atom stereocenters. The number of amides is 3. The van der Waals surface area contributed by atoms with Crippen LogP contribution in [0.15, 0.2) is 60.7 Å². The number of ether oxygens (including phenoxy) is 1. The standard InChI is InChI=1S/C29H38N4O5/c1-38-28(37)29(32-26(35)15-14-22-9-4-2-5-10-22)16-19-33(20-17-29)21-24(23-11-6-3-7-12-23)27(36)31-18-8-13-25(30)34/h2-7,9-12,24H,8,13-21H2,1H3,(H2,30,34)(H,31,36)(H,32,35). The minimum absolute atomic E-state index is 0.125. The summed E-state index contributed by atoms with van der Waals surface area (Å²) in [6, 6.07) is 19.3. The lowest BCUT2D eigenvalue weighted by atomic mass is 9.86. The van der Waals surface area contributed by atoms with E-state index < -0.39 is 23.3 Å². The summed E-state index contributed by atoms with van der Waals surface area (Å²) in [5.41, 5.74) is 6.06. The largest absolute Gasteiger partial charge is 0.467 e. The van der Waals surface area contributed by atoms with Crippen molar-refractivity contribution in [2.45, 2.75) is 50.0 Å². The SMILES string of the molecule is COC(=O)C1(NC(=O)CCc2ccccc2)CCN(CC(C(=O)NCCCC(N)=O)c2ccccc2)CC1. The zero-order chi connectivity index (χ0) is 27.4. The minimum Gasteiger partial charge on any atom is -0.467 e. The van der Waals surface area contributed by atoms with Crippen LogP contribution in [0.4, 0.5) is 0 Å². The van der Waals surface area contributed by atoms with E-state index in [0.717, 1.165) is 11.1 Å². The van der Waals surface area contributed by atoms with E-state index in [1.54, 1.807) is 0 Å². The summed E-state index contributed by atoms with van der Waals surface area (Å²) in [4.78, 5) is 51.8. The second kappa shape index (κ2) is 14.3. The van der Waals surface area contributed by atoms with Crippen LogP contribution in [0.3, 0.4) is 0 Å². The van der Waals surface area contributed by atoms with Gasteiger partial charge in [-0.1, -0.05) is 60.7 Å². The molecule has 1 heterocycles. The minimum atomic E-state index is -1.09. The van der Waals surface area contributed by atoms with E-state index >= 15 is 0 Å². The first-order valence-corrected chi connectivity index (χ1v) is 13.1. The number of primary amides is 1. The van der Waals surface area contributed by atoms with Crippen molar-refractivity contribution in [1.82, 2.24) is 15.5 Å². The predicted octanol–water partition coefficient (Wildman–Crippen LogP) is 1.91. The number of hydrogen-bond donors (Lipinski definition) is 3. The number of nitrogens with one attached hydrogen (secondary N) is 2. The van der Waals surface area contributed by atoms with E-state index in [2.05, 4.69) is 15.5 Å². The van der Waals surface area contributed by atoms with Crippen LogP contribution >= 0.6 is 0 Å². The van der Waals surface area contributed by atoms with Crippen LogP contribution in [0.1, 0.15) is 49.1 Å². The lowest BCUT2D eigenvalue weighted by molar-refractivity contribution is -0.153. The third-order valence-corrected chi connectivity index (χ3v) is 7.01. The molecular weight excluding hydrogens is 484 g/mol. The Labute approximate surface area is 224 Å². The van der Waals surface area contributed by atoms with Gasteiger partial charge < -0.3 is 26.0 Å². The summed E-state index contributed by atoms with van der Waals surface area (Å²) in [5, 5.41) is 5.89. The zero-order valence-corrected chi connectivity index (χ0v) is 22.0. The number of nitrogens with zero attached hydrogens (tertiary/aromatic N) is 1. The maximum atomic E-state index is 13.1. The van der Waals surface area contributed by atoms with Crippen molar-refractivity contribution in [1.29, 1.82) is 0 Å². The predicted molar refractivity (Wildman–Crippen MR) is 144 cm³/mol. The summed E-state index contributed by atoms with van der Waals surface area (Å²) in [6.45, 7) is 1.87. The molecule has 38 heavy (non-hydrogen) atoms. The summed E-state index contributed by atoms with van der Waals surface area (Å²) < 4.78 is 5.08. The van der Waals surface area contributed by atoms with Gasteiger partial charge in [-0.05, 0) is 36.8 Å². The van der Waals surface area contributed by atoms with Crippen LogP contribution in [0.2, 0.25) is 0 Å². The van der Waals surface area contributed by atoms with Gasteiger partial charge in [0.25, 0.3) is 0 Å². The third kappa shape index (κ3) is 8.41. The quantitative estimate of drug-likeness (QED) is 0.272. The van der Waals surface area contributed by atoms with Crippen molar-refractivity contribution >= 4 is 23.7 Å². The highest BCUT2D eigenvalue weighted by Gasteiger charge is 2.44. The summed E-state index contributed by atoms with van der Waals surface area (Å²) in [5.74, 6) is -1.58. The number of carbonyl (C=O) groups is 4. The van der Waals surface area contributed by atoms with Crippen LogP contribution in [-0.4, -0.2) is 67.4 Å². The van der Waals surface area contributed by atoms with Crippen molar-refractivity contribution in [2.24, 2.45) is 5.73 Å². The fourth-order valence-electron chi connectivity index (χ4n) is 4.81. The van der Waals surface area contributed by atoms with Gasteiger partial charge in [0.1, 0.15) is 5.54 Å². The molecule has 3 amide bonds. The van der Waals surface area contributed by atoms with Crippen molar-refractivity contribution in [3.05, 3.63) is 71.8 Å². The number of benzene rings is 2. The third-order valence-electron chi connectivity index (χ3n) is 7.01. The van der Waals surface area contributed by atoms with Crippen molar-refractivity contribution in [2.75, 3.05) is 33.3 Å². The van der Waals surface area contributed by atoms with E-state index in [1.165, 1.54) is 7.11 Å². The first-order valence-electron chi connectivity index (χ1n) is 13.1. The highest BCUT2D eigenvalue weighted by molar-refractivity contribution is 5.88. The van der Waals surface area contributed by atoms with Gasteiger partial charge in [-0.3, -0.25) is 14.4 Å². The molecule has 1 fully saturated rings. The molecule has 1 aliphatic rings. The van der Waals surface area contributed by atoms with Gasteiger partial charge in [0, 0.05) is 39.0 Å². The molecule has 1 saturated heterocycles. The van der Waals surface area contributed by atoms with Gasteiger partial charge in [0.2, 0.25) is 17.7 Å². The molecule has 0 aromatic heterocycles. The molecule has 0 spiro atoms. The van der Waals surface area contributed by atoms with E-state index in [4.69, 9.17) is 10.5 Å². The van der Waals surface area contributed by atoms with E-state index in [-0.39, 0.29) is 24.7 Å². The van der Waals surface area contributed by atoms with Crippen molar-refractivity contribution < 1.29 is 23.9 Å². The van der Waals surface area contributed by atoms with E-state index in [9.17, 15) is 19.2 Å². The molecule has 9 nitrogen and oxygen atoms in total. The van der Waals surface area contributed by atoms with E-state index in [0.29, 0.717) is 51.9 Å². The average molecular weight is 523 g/mol. The number of aryl methyl sites for hydroxylation is 1. The number of piperidine rings is 1. The maximum absolute atomic E-state index is 13.1. The molecule has 1 aliphatic heterocycles. The van der Waals surface area contributed by atoms with Crippen LogP contribution in [0, 0.1) is 0 Å². The number of hydrogen-bond acceptors (Lipinski definition) is 6. The number of nitrogens with two attached hydrogens (primary N) is 1. The Balaban J connectivity index is 1.61. The Morgan fingerprint density at radius 3 is 2.21 bits per heavy atom. The molecule has 3 rings (SSSR count). The number of carbonyl (C=O) groups excluding carboxylic acids is 4.